The van der Waals surface area contributed by atoms with Crippen molar-refractivity contribution in [3.63, 3.8) is 0 Å². The van der Waals surface area contributed by atoms with Crippen molar-refractivity contribution in [3.05, 3.63) is 30.1 Å². The zero-order valence-corrected chi connectivity index (χ0v) is 14.0. The SMILES string of the molecule is CCOC(CNC(=O)c1cnn2ccc(NC(C)=O)cc12)OCC. The Labute approximate surface area is 140 Å². The third kappa shape index (κ3) is 4.53. The van der Waals surface area contributed by atoms with Crippen LogP contribution in [0.5, 0.6) is 0 Å². The summed E-state index contributed by atoms with van der Waals surface area (Å²) in [4.78, 5) is 23.6. The molecular formula is C16H22N4O4. The Hall–Kier alpha value is -2.45. The van der Waals surface area contributed by atoms with Crippen LogP contribution in [-0.2, 0) is 14.3 Å². The van der Waals surface area contributed by atoms with E-state index in [1.54, 1.807) is 22.8 Å². The molecule has 24 heavy (non-hydrogen) atoms. The molecule has 0 unspecified atom stereocenters. The summed E-state index contributed by atoms with van der Waals surface area (Å²) in [5, 5.41) is 9.60. The van der Waals surface area contributed by atoms with Crippen LogP contribution in [0.15, 0.2) is 24.5 Å². The van der Waals surface area contributed by atoms with Crippen molar-refractivity contribution in [1.29, 1.82) is 0 Å². The van der Waals surface area contributed by atoms with Gasteiger partial charge >= 0.3 is 0 Å². The Bertz CT molecular complexity index is 707. The number of fused-ring (bicyclic) bond motifs is 1. The molecule has 0 radical (unpaired) electrons. The van der Waals surface area contributed by atoms with Gasteiger partial charge in [-0.2, -0.15) is 5.10 Å². The Kier molecular flexibility index (Phi) is 6.28. The van der Waals surface area contributed by atoms with Crippen LogP contribution in [0, 0.1) is 0 Å². The lowest BCUT2D eigenvalue weighted by Crippen LogP contribution is -2.35. The van der Waals surface area contributed by atoms with Crippen LogP contribution in [-0.4, -0.2) is 47.5 Å². The number of anilines is 1. The Balaban J connectivity index is 2.12. The van der Waals surface area contributed by atoms with Gasteiger partial charge in [-0.05, 0) is 26.0 Å². The second-order valence-electron chi connectivity index (χ2n) is 5.03. The Morgan fingerprint density at radius 2 is 2.00 bits per heavy atom. The monoisotopic (exact) mass is 334 g/mol. The minimum absolute atomic E-state index is 0.180. The van der Waals surface area contributed by atoms with Crippen molar-refractivity contribution in [2.75, 3.05) is 25.1 Å². The first-order valence-electron chi connectivity index (χ1n) is 7.81. The first-order valence-corrected chi connectivity index (χ1v) is 7.81. The molecule has 8 heteroatoms. The predicted octanol–water partition coefficient (Wildman–Crippen LogP) is 1.42. The fourth-order valence-corrected chi connectivity index (χ4v) is 2.25. The van der Waals surface area contributed by atoms with Gasteiger partial charge in [0.05, 0.1) is 23.8 Å². The largest absolute Gasteiger partial charge is 0.351 e. The molecule has 2 rings (SSSR count). The van der Waals surface area contributed by atoms with Crippen LogP contribution in [0.4, 0.5) is 5.69 Å². The van der Waals surface area contributed by atoms with Crippen LogP contribution in [0.2, 0.25) is 0 Å². The number of hydrogen-bond donors (Lipinski definition) is 2. The van der Waals surface area contributed by atoms with Gasteiger partial charge in [0.25, 0.3) is 5.91 Å². The lowest BCUT2D eigenvalue weighted by atomic mass is 10.2. The minimum Gasteiger partial charge on any atom is -0.351 e. The van der Waals surface area contributed by atoms with E-state index >= 15 is 0 Å². The van der Waals surface area contributed by atoms with Crippen LogP contribution >= 0.6 is 0 Å². The average molecular weight is 334 g/mol. The lowest BCUT2D eigenvalue weighted by molar-refractivity contribution is -0.131. The molecule has 0 aliphatic heterocycles. The molecule has 0 bridgehead atoms. The van der Waals surface area contributed by atoms with Crippen LogP contribution < -0.4 is 10.6 Å². The zero-order chi connectivity index (χ0) is 17.5. The second kappa shape index (κ2) is 8.42. The van der Waals surface area contributed by atoms with Gasteiger partial charge < -0.3 is 20.1 Å². The topological polar surface area (TPSA) is 94.0 Å². The standard InChI is InChI=1S/C16H22N4O4/c1-4-23-15(24-5-2)10-17-16(22)13-9-18-20-7-6-12(8-14(13)20)19-11(3)21/h6-9,15H,4-5,10H2,1-3H3,(H,17,22)(H,19,21). The van der Waals surface area contributed by atoms with Gasteiger partial charge in [0.1, 0.15) is 0 Å². The Morgan fingerprint density at radius 3 is 2.62 bits per heavy atom. The van der Waals surface area contributed by atoms with E-state index in [2.05, 4.69) is 15.7 Å². The third-order valence-electron chi connectivity index (χ3n) is 3.22. The molecule has 8 nitrogen and oxygen atoms in total. The maximum Gasteiger partial charge on any atom is 0.255 e. The molecule has 130 valence electrons. The summed E-state index contributed by atoms with van der Waals surface area (Å²) in [6, 6.07) is 3.41. The van der Waals surface area contributed by atoms with Crippen LogP contribution in [0.3, 0.4) is 0 Å². The fourth-order valence-electron chi connectivity index (χ4n) is 2.25. The number of hydrogen-bond acceptors (Lipinski definition) is 5. The molecule has 0 spiro atoms. The molecule has 2 N–H and O–H groups in total. The highest BCUT2D eigenvalue weighted by Gasteiger charge is 2.16. The molecule has 0 aliphatic rings. The molecule has 0 fully saturated rings. The molecule has 2 amide bonds. The van der Waals surface area contributed by atoms with Crippen molar-refractivity contribution < 1.29 is 19.1 Å². The normalized spacial score (nSPS) is 11.0. The van der Waals surface area contributed by atoms with Crippen LogP contribution in [0.25, 0.3) is 5.52 Å². The average Bonchev–Trinajstić information content (AvgIpc) is 2.95. The highest BCUT2D eigenvalue weighted by Crippen LogP contribution is 2.16. The fraction of sp³-hybridized carbons (Fsp3) is 0.438. The predicted molar refractivity (Wildman–Crippen MR) is 88.9 cm³/mol. The number of carbonyl (C=O) groups is 2. The maximum absolute atomic E-state index is 12.4. The van der Waals surface area contributed by atoms with E-state index in [0.717, 1.165) is 0 Å². The van der Waals surface area contributed by atoms with Crippen molar-refractivity contribution in [1.82, 2.24) is 14.9 Å². The summed E-state index contributed by atoms with van der Waals surface area (Å²) in [6.07, 6.45) is 2.68. The zero-order valence-electron chi connectivity index (χ0n) is 14.0. The first kappa shape index (κ1) is 17.9. The molecule has 0 saturated heterocycles. The molecular weight excluding hydrogens is 312 g/mol. The van der Waals surface area contributed by atoms with E-state index in [1.165, 1.54) is 13.1 Å². The minimum atomic E-state index is -0.485. The van der Waals surface area contributed by atoms with Crippen molar-refractivity contribution in [2.24, 2.45) is 0 Å². The summed E-state index contributed by atoms with van der Waals surface area (Å²) in [5.41, 5.74) is 1.61. The van der Waals surface area contributed by atoms with Gasteiger partial charge in [-0.1, -0.05) is 0 Å². The van der Waals surface area contributed by atoms with Crippen LogP contribution in [0.1, 0.15) is 31.1 Å². The number of pyridine rings is 1. The molecule has 2 heterocycles. The van der Waals surface area contributed by atoms with E-state index in [0.29, 0.717) is 30.0 Å². The lowest BCUT2D eigenvalue weighted by Gasteiger charge is -2.17. The molecule has 2 aromatic heterocycles. The van der Waals surface area contributed by atoms with Gasteiger partial charge in [0.15, 0.2) is 6.29 Å². The summed E-state index contributed by atoms with van der Waals surface area (Å²) in [5.74, 6) is -0.462. The molecule has 2 aromatic rings. The number of nitrogens with zero attached hydrogens (tertiary/aromatic N) is 2. The number of ether oxygens (including phenoxy) is 2. The van der Waals surface area contributed by atoms with E-state index < -0.39 is 6.29 Å². The number of rotatable bonds is 8. The quantitative estimate of drug-likeness (QED) is 0.712. The van der Waals surface area contributed by atoms with Gasteiger partial charge in [0, 0.05) is 32.0 Å². The maximum atomic E-state index is 12.4. The molecule has 0 aromatic carbocycles. The van der Waals surface area contributed by atoms with Gasteiger partial charge in [-0.25, -0.2) is 4.52 Å². The summed E-state index contributed by atoms with van der Waals surface area (Å²) in [6.45, 7) is 6.39. The number of amides is 2. The number of aromatic nitrogens is 2. The summed E-state index contributed by atoms with van der Waals surface area (Å²) >= 11 is 0. The highest BCUT2D eigenvalue weighted by atomic mass is 16.7. The first-order chi connectivity index (χ1) is 11.5. The van der Waals surface area contributed by atoms with E-state index in [-0.39, 0.29) is 18.4 Å². The molecule has 0 aliphatic carbocycles. The molecule has 0 atom stereocenters. The second-order valence-corrected chi connectivity index (χ2v) is 5.03. The smallest absolute Gasteiger partial charge is 0.255 e. The number of carbonyl (C=O) groups excluding carboxylic acids is 2. The van der Waals surface area contributed by atoms with E-state index in [4.69, 9.17) is 9.47 Å². The summed E-state index contributed by atoms with van der Waals surface area (Å²) in [7, 11) is 0. The van der Waals surface area contributed by atoms with Gasteiger partial charge in [-0.3, -0.25) is 9.59 Å². The van der Waals surface area contributed by atoms with E-state index in [1.807, 2.05) is 13.8 Å². The number of nitrogens with one attached hydrogen (secondary N) is 2. The summed E-state index contributed by atoms with van der Waals surface area (Å²) < 4.78 is 12.4. The van der Waals surface area contributed by atoms with Crippen molar-refractivity contribution in [2.45, 2.75) is 27.1 Å². The Morgan fingerprint density at radius 1 is 1.29 bits per heavy atom. The van der Waals surface area contributed by atoms with Crippen molar-refractivity contribution >= 4 is 23.0 Å². The van der Waals surface area contributed by atoms with Crippen molar-refractivity contribution in [3.8, 4) is 0 Å². The van der Waals surface area contributed by atoms with E-state index in [9.17, 15) is 9.59 Å². The highest BCUT2D eigenvalue weighted by molar-refractivity contribution is 6.01. The molecule has 0 saturated carbocycles. The van der Waals surface area contributed by atoms with Gasteiger partial charge in [-0.15, -0.1) is 0 Å². The third-order valence-corrected chi connectivity index (χ3v) is 3.22. The van der Waals surface area contributed by atoms with Gasteiger partial charge in [0.2, 0.25) is 5.91 Å².